The second-order valence-electron chi connectivity index (χ2n) is 13.0. The first-order valence-corrected chi connectivity index (χ1v) is 16.9. The molecule has 6 rings (SSSR count). The second-order valence-corrected chi connectivity index (χ2v) is 13.0. The van der Waals surface area contributed by atoms with Gasteiger partial charge in [-0.25, -0.2) is 4.79 Å². The zero-order chi connectivity index (χ0) is 34.2. The van der Waals surface area contributed by atoms with Crippen molar-refractivity contribution in [2.75, 3.05) is 50.0 Å². The van der Waals surface area contributed by atoms with Crippen LogP contribution >= 0.6 is 0 Å². The quantitative estimate of drug-likeness (QED) is 0.159. The number of likely N-dealkylation sites (N-methyl/N-ethyl adjacent to an activating group) is 1. The Labute approximate surface area is 285 Å². The van der Waals surface area contributed by atoms with Crippen LogP contribution in [0.15, 0.2) is 72.8 Å². The number of hydrogen-bond acceptors (Lipinski definition) is 8. The summed E-state index contributed by atoms with van der Waals surface area (Å²) in [6.07, 6.45) is 2.07. The van der Waals surface area contributed by atoms with Gasteiger partial charge in [0.2, 0.25) is 17.6 Å². The Kier molecular flexibility index (Phi) is 10.8. The molecule has 4 aromatic rings. The lowest BCUT2D eigenvalue weighted by Crippen LogP contribution is -2.48. The van der Waals surface area contributed by atoms with Crippen molar-refractivity contribution in [3.8, 4) is 22.5 Å². The number of H-pyrrole nitrogens is 1. The Morgan fingerprint density at radius 1 is 0.857 bits per heavy atom. The number of carboxylic acid groups (broad SMARTS) is 1. The molecule has 2 aliphatic rings. The number of nitrogens with zero attached hydrogens (tertiary/aromatic N) is 5. The van der Waals surface area contributed by atoms with Crippen LogP contribution in [0.25, 0.3) is 22.5 Å². The van der Waals surface area contributed by atoms with Gasteiger partial charge in [0, 0.05) is 62.0 Å². The SMILES string of the molecule is CN1CCN(c2ccc(-c3ccc(C[C@H](NC(=O)C4CCC(CNC(=O)O)CC4)C(=O)Nc4ccc(-c5nn[nH]n5)cc4)cc3)cc2)CC1. The molecule has 1 saturated heterocycles. The summed E-state index contributed by atoms with van der Waals surface area (Å²) in [6, 6.07) is 23.1. The summed E-state index contributed by atoms with van der Waals surface area (Å²) in [5.41, 5.74) is 5.68. The Hall–Kier alpha value is -5.30. The normalized spacial score (nSPS) is 18.8. The third kappa shape index (κ3) is 8.99. The highest BCUT2D eigenvalue weighted by molar-refractivity contribution is 5.97. The number of nitrogens with one attached hydrogen (secondary N) is 4. The van der Waals surface area contributed by atoms with Gasteiger partial charge in [-0.15, -0.1) is 10.2 Å². The van der Waals surface area contributed by atoms with Crippen molar-refractivity contribution >= 4 is 29.3 Å². The Morgan fingerprint density at radius 3 is 2.10 bits per heavy atom. The Morgan fingerprint density at radius 2 is 1.49 bits per heavy atom. The molecule has 0 unspecified atom stereocenters. The summed E-state index contributed by atoms with van der Waals surface area (Å²) in [7, 11) is 2.16. The van der Waals surface area contributed by atoms with Crippen LogP contribution in [-0.4, -0.2) is 94.4 Å². The number of piperazine rings is 1. The fraction of sp³-hybridized carbons (Fsp3) is 0.389. The van der Waals surface area contributed by atoms with Crippen LogP contribution in [0, 0.1) is 11.8 Å². The zero-order valence-electron chi connectivity index (χ0n) is 27.6. The third-order valence-electron chi connectivity index (χ3n) is 9.61. The molecular formula is C36H43N9O4. The number of rotatable bonds is 11. The lowest BCUT2D eigenvalue weighted by molar-refractivity contribution is -0.130. The van der Waals surface area contributed by atoms with Crippen LogP contribution < -0.4 is 20.9 Å². The number of benzene rings is 3. The van der Waals surface area contributed by atoms with Crippen LogP contribution in [0.4, 0.5) is 16.2 Å². The van der Waals surface area contributed by atoms with Crippen molar-refractivity contribution in [2.24, 2.45) is 11.8 Å². The number of amides is 3. The molecule has 256 valence electrons. The third-order valence-corrected chi connectivity index (χ3v) is 9.61. The molecule has 1 aliphatic heterocycles. The maximum atomic E-state index is 13.7. The van der Waals surface area contributed by atoms with E-state index in [1.807, 2.05) is 12.1 Å². The topological polar surface area (TPSA) is 168 Å². The number of anilines is 2. The lowest BCUT2D eigenvalue weighted by atomic mass is 9.81. The fourth-order valence-corrected chi connectivity index (χ4v) is 6.57. The lowest BCUT2D eigenvalue weighted by Gasteiger charge is -2.34. The van der Waals surface area contributed by atoms with Gasteiger partial charge in [0.05, 0.1) is 0 Å². The van der Waals surface area contributed by atoms with E-state index in [2.05, 4.69) is 89.8 Å². The first-order valence-electron chi connectivity index (χ1n) is 16.9. The first-order chi connectivity index (χ1) is 23.8. The minimum Gasteiger partial charge on any atom is -0.465 e. The molecule has 2 heterocycles. The number of carbonyl (C=O) groups excluding carboxylic acids is 2. The molecular weight excluding hydrogens is 622 g/mol. The van der Waals surface area contributed by atoms with E-state index in [4.69, 9.17) is 5.11 Å². The monoisotopic (exact) mass is 665 g/mol. The molecule has 1 saturated carbocycles. The molecule has 3 aromatic carbocycles. The largest absolute Gasteiger partial charge is 0.465 e. The highest BCUT2D eigenvalue weighted by Crippen LogP contribution is 2.29. The molecule has 3 amide bonds. The molecule has 13 heteroatoms. The van der Waals surface area contributed by atoms with Gasteiger partial charge in [-0.05, 0) is 97.0 Å². The van der Waals surface area contributed by atoms with Crippen molar-refractivity contribution in [1.82, 2.24) is 36.2 Å². The molecule has 1 atom stereocenters. The van der Waals surface area contributed by atoms with Crippen molar-refractivity contribution in [2.45, 2.75) is 38.1 Å². The molecule has 2 fully saturated rings. The summed E-state index contributed by atoms with van der Waals surface area (Å²) in [5.74, 6) is -0.0539. The van der Waals surface area contributed by atoms with Crippen molar-refractivity contribution < 1.29 is 19.5 Å². The number of tetrazole rings is 1. The summed E-state index contributed by atoms with van der Waals surface area (Å²) in [5, 5.41) is 31.4. The number of aromatic amines is 1. The highest BCUT2D eigenvalue weighted by atomic mass is 16.4. The van der Waals surface area contributed by atoms with Gasteiger partial charge in [0.1, 0.15) is 6.04 Å². The van der Waals surface area contributed by atoms with Gasteiger partial charge in [0.15, 0.2) is 0 Å². The molecule has 1 aromatic heterocycles. The predicted molar refractivity (Wildman–Crippen MR) is 187 cm³/mol. The number of aromatic nitrogens is 4. The number of hydrogen-bond donors (Lipinski definition) is 5. The van der Waals surface area contributed by atoms with Crippen molar-refractivity contribution in [3.63, 3.8) is 0 Å². The van der Waals surface area contributed by atoms with Crippen molar-refractivity contribution in [1.29, 1.82) is 0 Å². The van der Waals surface area contributed by atoms with Crippen LogP contribution in [0.5, 0.6) is 0 Å². The van der Waals surface area contributed by atoms with Gasteiger partial charge in [-0.3, -0.25) is 9.59 Å². The van der Waals surface area contributed by atoms with Crippen LogP contribution in [-0.2, 0) is 16.0 Å². The van der Waals surface area contributed by atoms with Crippen LogP contribution in [0.1, 0.15) is 31.2 Å². The summed E-state index contributed by atoms with van der Waals surface area (Å²) < 4.78 is 0. The molecule has 13 nitrogen and oxygen atoms in total. The molecule has 5 N–H and O–H groups in total. The molecule has 0 spiro atoms. The first kappa shape index (κ1) is 33.6. The summed E-state index contributed by atoms with van der Waals surface area (Å²) in [6.45, 7) is 4.55. The van der Waals surface area contributed by atoms with Gasteiger partial charge >= 0.3 is 6.09 Å². The van der Waals surface area contributed by atoms with E-state index in [1.165, 1.54) is 5.69 Å². The average molecular weight is 666 g/mol. The van der Waals surface area contributed by atoms with E-state index >= 15 is 0 Å². The van der Waals surface area contributed by atoms with E-state index in [0.717, 1.165) is 61.3 Å². The van der Waals surface area contributed by atoms with E-state index < -0.39 is 12.1 Å². The molecule has 0 radical (unpaired) electrons. The van der Waals surface area contributed by atoms with E-state index in [-0.39, 0.29) is 23.7 Å². The zero-order valence-corrected chi connectivity index (χ0v) is 27.6. The van der Waals surface area contributed by atoms with Gasteiger partial charge in [0.25, 0.3) is 0 Å². The van der Waals surface area contributed by atoms with Gasteiger partial charge < -0.3 is 30.9 Å². The molecule has 1 aliphatic carbocycles. The van der Waals surface area contributed by atoms with E-state index in [9.17, 15) is 14.4 Å². The summed E-state index contributed by atoms with van der Waals surface area (Å²) in [4.78, 5) is 42.8. The van der Waals surface area contributed by atoms with Gasteiger partial charge in [-0.1, -0.05) is 36.4 Å². The Balaban J connectivity index is 1.12. The minimum atomic E-state index is -1.04. The van der Waals surface area contributed by atoms with Crippen LogP contribution in [0.3, 0.4) is 0 Å². The molecule has 0 bridgehead atoms. The highest BCUT2D eigenvalue weighted by Gasteiger charge is 2.30. The smallest absolute Gasteiger partial charge is 0.404 e. The van der Waals surface area contributed by atoms with Gasteiger partial charge in [-0.2, -0.15) is 5.21 Å². The second kappa shape index (κ2) is 15.7. The van der Waals surface area contributed by atoms with Crippen LogP contribution in [0.2, 0.25) is 0 Å². The summed E-state index contributed by atoms with van der Waals surface area (Å²) >= 11 is 0. The molecule has 49 heavy (non-hydrogen) atoms. The fourth-order valence-electron chi connectivity index (χ4n) is 6.57. The van der Waals surface area contributed by atoms with E-state index in [1.54, 1.807) is 24.3 Å². The van der Waals surface area contributed by atoms with E-state index in [0.29, 0.717) is 37.3 Å². The number of carbonyl (C=O) groups is 3. The Bertz CT molecular complexity index is 1680. The maximum Gasteiger partial charge on any atom is 0.404 e. The maximum absolute atomic E-state index is 13.7. The predicted octanol–water partition coefficient (Wildman–Crippen LogP) is 4.03. The van der Waals surface area contributed by atoms with Crippen molar-refractivity contribution in [3.05, 3.63) is 78.4 Å². The standard InChI is InChI=1S/C36H43N9O4/c1-44-18-20-45(21-19-44)31-16-12-27(13-17-31)26-6-2-24(3-7-26)22-32(39-34(46)29-8-4-25(5-9-29)23-37-36(48)49)35(47)38-30-14-10-28(11-15-30)33-40-42-43-41-33/h2-3,6-7,10-17,25,29,32,37H,4-5,8-9,18-23H2,1H3,(H,38,47)(H,39,46)(H,48,49)(H,40,41,42,43)/t25?,29?,32-/m0/s1. The average Bonchev–Trinajstić information content (AvgIpc) is 3.67. The minimum absolute atomic E-state index is 0.158.